The molecule has 280 valence electrons. The lowest BCUT2D eigenvalue weighted by atomic mass is 9.98. The maximum Gasteiger partial charge on any atom is 0.164 e. The molecule has 0 atom stereocenters. The smallest absolute Gasteiger partial charge is 0.164 e. The van der Waals surface area contributed by atoms with Gasteiger partial charge in [-0.1, -0.05) is 146 Å². The molecule has 0 saturated heterocycles. The molecule has 3 aromatic heterocycles. The number of benzene rings is 9. The first-order valence-corrected chi connectivity index (χ1v) is 21.0. The van der Waals surface area contributed by atoms with Gasteiger partial charge in [0.05, 0.1) is 11.0 Å². The quantitative estimate of drug-likeness (QED) is 0.169. The van der Waals surface area contributed by atoms with Crippen LogP contribution in [0.2, 0.25) is 0 Å². The van der Waals surface area contributed by atoms with Crippen LogP contribution in [0, 0.1) is 0 Å². The Morgan fingerprint density at radius 3 is 1.77 bits per heavy atom. The molecule has 0 aliphatic rings. The predicted molar refractivity (Wildman–Crippen MR) is 252 cm³/mol. The Labute approximate surface area is 350 Å². The van der Waals surface area contributed by atoms with Gasteiger partial charge in [-0.3, -0.25) is 0 Å². The van der Waals surface area contributed by atoms with E-state index < -0.39 is 0 Å². The highest BCUT2D eigenvalue weighted by atomic mass is 32.1. The average Bonchev–Trinajstić information content (AvgIpc) is 3.87. The lowest BCUT2D eigenvalue weighted by Gasteiger charge is -2.12. The normalized spacial score (nSPS) is 11.7. The molecule has 5 heteroatoms. The van der Waals surface area contributed by atoms with Crippen molar-refractivity contribution in [1.82, 2.24) is 19.5 Å². The van der Waals surface area contributed by atoms with Crippen LogP contribution in [0.3, 0.4) is 0 Å². The summed E-state index contributed by atoms with van der Waals surface area (Å²) >= 11 is 1.86. The van der Waals surface area contributed by atoms with Gasteiger partial charge in [-0.2, -0.15) is 0 Å². The number of rotatable bonds is 6. The van der Waals surface area contributed by atoms with Crippen LogP contribution in [0.15, 0.2) is 206 Å². The number of aromatic nitrogens is 4. The molecular weight excluding hydrogens is 749 g/mol. The summed E-state index contributed by atoms with van der Waals surface area (Å²) in [5.74, 6) is 1.90. The summed E-state index contributed by atoms with van der Waals surface area (Å²) in [4.78, 5) is 15.3. The van der Waals surface area contributed by atoms with E-state index in [4.69, 9.17) is 15.0 Å². The van der Waals surface area contributed by atoms with Crippen LogP contribution in [0.1, 0.15) is 0 Å². The Morgan fingerprint density at radius 1 is 0.333 bits per heavy atom. The lowest BCUT2D eigenvalue weighted by Crippen LogP contribution is -2.00. The Hall–Kier alpha value is -7.73. The number of para-hydroxylation sites is 1. The van der Waals surface area contributed by atoms with Crippen LogP contribution >= 0.6 is 11.3 Å². The van der Waals surface area contributed by atoms with Crippen molar-refractivity contribution in [3.05, 3.63) is 206 Å². The summed E-state index contributed by atoms with van der Waals surface area (Å²) in [6.07, 6.45) is 0. The first kappa shape index (κ1) is 34.3. The second-order valence-electron chi connectivity index (χ2n) is 15.2. The van der Waals surface area contributed by atoms with Crippen molar-refractivity contribution >= 4 is 64.1 Å². The van der Waals surface area contributed by atoms with Gasteiger partial charge in [0.1, 0.15) is 0 Å². The van der Waals surface area contributed by atoms with E-state index in [9.17, 15) is 0 Å². The fourth-order valence-corrected chi connectivity index (χ4v) is 9.88. The molecule has 0 aliphatic heterocycles. The van der Waals surface area contributed by atoms with Gasteiger partial charge < -0.3 is 4.57 Å². The fourth-order valence-electron chi connectivity index (χ4n) is 8.75. The molecule has 9 aromatic carbocycles. The molecule has 3 heterocycles. The van der Waals surface area contributed by atoms with Gasteiger partial charge in [-0.05, 0) is 93.7 Å². The predicted octanol–water partition coefficient (Wildman–Crippen LogP) is 14.8. The Bertz CT molecular complexity index is 3600. The molecule has 0 bridgehead atoms. The second-order valence-corrected chi connectivity index (χ2v) is 16.3. The van der Waals surface area contributed by atoms with Crippen molar-refractivity contribution in [2.24, 2.45) is 0 Å². The second kappa shape index (κ2) is 14.0. The molecule has 0 aliphatic carbocycles. The summed E-state index contributed by atoms with van der Waals surface area (Å²) in [6.45, 7) is 0. The molecule has 0 unspecified atom stereocenters. The van der Waals surface area contributed by atoms with Gasteiger partial charge in [0.25, 0.3) is 0 Å². The fraction of sp³-hybridized carbons (Fsp3) is 0. The lowest BCUT2D eigenvalue weighted by molar-refractivity contribution is 1.07. The summed E-state index contributed by atoms with van der Waals surface area (Å²) in [5, 5.41) is 7.50. The van der Waals surface area contributed by atoms with Crippen LogP contribution in [-0.4, -0.2) is 19.5 Å². The summed E-state index contributed by atoms with van der Waals surface area (Å²) in [7, 11) is 0. The van der Waals surface area contributed by atoms with Gasteiger partial charge in [-0.15, -0.1) is 11.3 Å². The van der Waals surface area contributed by atoms with Crippen LogP contribution in [0.5, 0.6) is 0 Å². The molecule has 60 heavy (non-hydrogen) atoms. The number of hydrogen-bond donors (Lipinski definition) is 0. The molecule has 12 rings (SSSR count). The third-order valence-corrected chi connectivity index (χ3v) is 12.8. The Kier molecular flexibility index (Phi) is 8.00. The third kappa shape index (κ3) is 5.78. The average molecular weight is 783 g/mol. The number of hydrogen-bond acceptors (Lipinski definition) is 4. The van der Waals surface area contributed by atoms with Crippen molar-refractivity contribution in [2.45, 2.75) is 0 Å². The molecule has 12 aromatic rings. The Balaban J connectivity index is 0.972. The minimum Gasteiger partial charge on any atom is -0.309 e. The molecule has 4 nitrogen and oxygen atoms in total. The molecule has 0 fully saturated rings. The van der Waals surface area contributed by atoms with Gasteiger partial charge >= 0.3 is 0 Å². The molecule has 0 spiro atoms. The maximum absolute atomic E-state index is 5.14. The zero-order valence-corrected chi connectivity index (χ0v) is 33.1. The number of fused-ring (bicyclic) bond motifs is 7. The standard InChI is InChI=1S/C55H34N4S/c1-2-13-36(14-3-1)53-56-54(58-55(57-53)42-17-10-16-39(33-42)40-25-24-35-12-4-5-15-38(35)32-40)37-26-29-43(30-27-37)59-48-21-8-6-18-45(48)46-31-28-41(34-49(46)59)44-20-11-23-51-52(44)47-19-7-9-22-50(47)60-51/h1-34H. The van der Waals surface area contributed by atoms with Gasteiger partial charge in [0.2, 0.25) is 0 Å². The van der Waals surface area contributed by atoms with Gasteiger partial charge in [0, 0.05) is 53.3 Å². The highest BCUT2D eigenvalue weighted by molar-refractivity contribution is 7.25. The van der Waals surface area contributed by atoms with Crippen LogP contribution in [0.4, 0.5) is 0 Å². The molecule has 0 saturated carbocycles. The van der Waals surface area contributed by atoms with Gasteiger partial charge in [0.15, 0.2) is 17.5 Å². The van der Waals surface area contributed by atoms with Crippen molar-refractivity contribution < 1.29 is 0 Å². The topological polar surface area (TPSA) is 43.6 Å². The molecular formula is C55H34N4S. The molecule has 0 radical (unpaired) electrons. The summed E-state index contributed by atoms with van der Waals surface area (Å²) in [6, 6.07) is 73.4. The monoisotopic (exact) mass is 782 g/mol. The zero-order chi connectivity index (χ0) is 39.6. The van der Waals surface area contributed by atoms with E-state index in [1.165, 1.54) is 52.8 Å². The maximum atomic E-state index is 5.14. The van der Waals surface area contributed by atoms with E-state index in [0.29, 0.717) is 17.5 Å². The van der Waals surface area contributed by atoms with Crippen molar-refractivity contribution in [1.29, 1.82) is 0 Å². The van der Waals surface area contributed by atoms with Crippen LogP contribution in [-0.2, 0) is 0 Å². The largest absolute Gasteiger partial charge is 0.309 e. The van der Waals surface area contributed by atoms with Crippen molar-refractivity contribution in [3.63, 3.8) is 0 Å². The number of thiophene rings is 1. The highest BCUT2D eigenvalue weighted by Crippen LogP contribution is 2.42. The van der Waals surface area contributed by atoms with Gasteiger partial charge in [-0.25, -0.2) is 15.0 Å². The zero-order valence-electron chi connectivity index (χ0n) is 32.3. The minimum absolute atomic E-state index is 0.627. The first-order chi connectivity index (χ1) is 29.7. The van der Waals surface area contributed by atoms with Crippen molar-refractivity contribution in [2.75, 3.05) is 0 Å². The molecule has 0 N–H and O–H groups in total. The van der Waals surface area contributed by atoms with Crippen molar-refractivity contribution in [3.8, 4) is 62.1 Å². The van der Waals surface area contributed by atoms with E-state index in [1.807, 2.05) is 29.5 Å². The first-order valence-electron chi connectivity index (χ1n) is 20.2. The minimum atomic E-state index is 0.627. The molecule has 0 amide bonds. The SMILES string of the molecule is c1ccc(-c2nc(-c3ccc(-n4c5ccccc5c5ccc(-c6cccc7sc8ccccc8c67)cc54)cc3)nc(-c3cccc(-c4ccc5ccccc5c4)c3)n2)cc1. The van der Waals surface area contributed by atoms with E-state index in [0.717, 1.165) is 44.5 Å². The van der Waals surface area contributed by atoms with Crippen LogP contribution < -0.4 is 0 Å². The van der Waals surface area contributed by atoms with Crippen LogP contribution in [0.25, 0.3) is 115 Å². The summed E-state index contributed by atoms with van der Waals surface area (Å²) in [5.41, 5.74) is 10.9. The highest BCUT2D eigenvalue weighted by Gasteiger charge is 2.18. The number of nitrogens with zero attached hydrogens (tertiary/aromatic N) is 4. The van der Waals surface area contributed by atoms with E-state index >= 15 is 0 Å². The Morgan fingerprint density at radius 2 is 0.917 bits per heavy atom. The van der Waals surface area contributed by atoms with E-state index in [1.54, 1.807) is 0 Å². The van der Waals surface area contributed by atoms with E-state index in [2.05, 4.69) is 193 Å². The third-order valence-electron chi connectivity index (χ3n) is 11.6. The summed E-state index contributed by atoms with van der Waals surface area (Å²) < 4.78 is 5.00. The van der Waals surface area contributed by atoms with E-state index in [-0.39, 0.29) is 0 Å².